The maximum atomic E-state index is 12.5. The van der Waals surface area contributed by atoms with Crippen LogP contribution >= 0.6 is 11.3 Å². The monoisotopic (exact) mass is 419 g/mol. The van der Waals surface area contributed by atoms with Crippen molar-refractivity contribution in [2.75, 3.05) is 5.32 Å². The summed E-state index contributed by atoms with van der Waals surface area (Å²) in [6, 6.07) is -0.637. The minimum atomic E-state index is -1.87. The van der Waals surface area contributed by atoms with Crippen LogP contribution in [0.3, 0.4) is 0 Å². The molecular weight excluding hydrogens is 396 g/mol. The van der Waals surface area contributed by atoms with E-state index in [0.29, 0.717) is 15.1 Å². The number of nitrogens with zero attached hydrogens (tertiary/aromatic N) is 3. The van der Waals surface area contributed by atoms with Gasteiger partial charge in [0.05, 0.1) is 5.69 Å². The lowest BCUT2D eigenvalue weighted by Crippen LogP contribution is -2.14. The third kappa shape index (κ3) is 3.83. The van der Waals surface area contributed by atoms with E-state index in [0.717, 1.165) is 71.6 Å². The normalized spacial score (nSPS) is 17.6. The van der Waals surface area contributed by atoms with Crippen molar-refractivity contribution in [1.29, 1.82) is 0 Å². The van der Waals surface area contributed by atoms with Gasteiger partial charge in [0.2, 0.25) is 0 Å². The summed E-state index contributed by atoms with van der Waals surface area (Å²) in [4.78, 5) is 21.4. The molecule has 0 bridgehead atoms. The summed E-state index contributed by atoms with van der Waals surface area (Å²) in [5, 5.41) is 13.3. The van der Waals surface area contributed by atoms with Crippen LogP contribution in [0.25, 0.3) is 0 Å². The summed E-state index contributed by atoms with van der Waals surface area (Å²) in [5.41, 5.74) is 3.90. The van der Waals surface area contributed by atoms with Crippen LogP contribution in [0.5, 0.6) is 0 Å². The molecule has 0 atom stereocenters. The smallest absolute Gasteiger partial charge is 0.322 e. The molecule has 0 unspecified atom stereocenters. The van der Waals surface area contributed by atoms with Gasteiger partial charge in [-0.1, -0.05) is 0 Å². The van der Waals surface area contributed by atoms with Gasteiger partial charge in [-0.2, -0.15) is 0 Å². The molecule has 2 aromatic rings. The largest absolute Gasteiger partial charge is 0.439 e. The molecule has 1 fully saturated rings. The van der Waals surface area contributed by atoms with Crippen LogP contribution < -0.4 is 5.32 Å². The highest BCUT2D eigenvalue weighted by Gasteiger charge is 2.31. The number of aromatic nitrogens is 2. The van der Waals surface area contributed by atoms with Crippen molar-refractivity contribution >= 4 is 33.7 Å². The number of urea groups is 1. The van der Waals surface area contributed by atoms with Crippen LogP contribution in [0, 0.1) is 6.92 Å². The molecule has 1 saturated carbocycles. The molecule has 2 aliphatic carbocycles. The number of amides is 2. The van der Waals surface area contributed by atoms with Gasteiger partial charge in [0.25, 0.3) is 0 Å². The number of hydrogen-bond acceptors (Lipinski definition) is 7. The van der Waals surface area contributed by atoms with Crippen LogP contribution in [-0.2, 0) is 33.2 Å². The number of aryl methyl sites for hydroxylation is 1. The first-order chi connectivity index (χ1) is 13.2. The van der Waals surface area contributed by atoms with E-state index in [2.05, 4.69) is 14.7 Å². The zero-order valence-corrected chi connectivity index (χ0v) is 17.7. The van der Waals surface area contributed by atoms with E-state index in [1.807, 2.05) is 6.92 Å². The summed E-state index contributed by atoms with van der Waals surface area (Å²) in [6.45, 7) is 5.20. The number of hydrogen-bond donors (Lipinski definition) is 2. The Bertz CT molecular complexity index is 1030. The summed E-state index contributed by atoms with van der Waals surface area (Å²) in [7, 11) is -1.87. The minimum absolute atomic E-state index is 0.336. The van der Waals surface area contributed by atoms with Crippen molar-refractivity contribution in [3.8, 4) is 0 Å². The predicted molar refractivity (Wildman–Crippen MR) is 108 cm³/mol. The molecule has 0 aromatic carbocycles. The van der Waals surface area contributed by atoms with Gasteiger partial charge in [-0.15, -0.1) is 21.9 Å². The number of rotatable bonds is 4. The Hall–Kier alpha value is -1.84. The third-order valence-corrected chi connectivity index (χ3v) is 7.61. The molecule has 0 saturated heterocycles. The van der Waals surface area contributed by atoms with Gasteiger partial charge >= 0.3 is 6.03 Å². The second kappa shape index (κ2) is 7.20. The lowest BCUT2D eigenvalue weighted by atomic mass is 10.0. The Labute approximate surface area is 169 Å². The minimum Gasteiger partial charge on any atom is -0.439 e. The molecule has 0 aliphatic heterocycles. The van der Waals surface area contributed by atoms with Crippen LogP contribution in [0.4, 0.5) is 10.5 Å². The quantitative estimate of drug-likeness (QED) is 0.724. The average Bonchev–Trinajstić information content (AvgIpc) is 3.14. The maximum Gasteiger partial charge on any atom is 0.322 e. The van der Waals surface area contributed by atoms with Crippen LogP contribution in [-0.4, -0.2) is 21.1 Å². The Balaban J connectivity index is 1.60. The molecule has 28 heavy (non-hydrogen) atoms. The molecule has 2 amide bonds. The molecule has 2 aromatic heterocycles. The van der Waals surface area contributed by atoms with Crippen molar-refractivity contribution in [2.24, 2.45) is 4.36 Å². The van der Waals surface area contributed by atoms with E-state index in [1.54, 1.807) is 13.8 Å². The Morgan fingerprint density at radius 3 is 2.79 bits per heavy atom. The van der Waals surface area contributed by atoms with Crippen molar-refractivity contribution in [3.05, 3.63) is 33.7 Å². The molecule has 2 aliphatic rings. The van der Waals surface area contributed by atoms with E-state index >= 15 is 0 Å². The fourth-order valence-corrected chi connectivity index (χ4v) is 5.21. The van der Waals surface area contributed by atoms with Gasteiger partial charge in [-0.25, -0.2) is 9.78 Å². The van der Waals surface area contributed by atoms with Gasteiger partial charge in [0.1, 0.15) is 10.6 Å². The molecule has 7 nitrogen and oxygen atoms in total. The number of aliphatic hydroxyl groups is 1. The SMILES string of the molecule is Cc1c(C2CC2)nc2c(c1NC(=O)N=[S-](=O)c1cnc(C(C)(C)O)s1)CCC2. The Morgan fingerprint density at radius 1 is 1.39 bits per heavy atom. The van der Waals surface area contributed by atoms with Crippen molar-refractivity contribution in [1.82, 2.24) is 9.97 Å². The zero-order valence-electron chi connectivity index (χ0n) is 16.1. The van der Waals surface area contributed by atoms with Gasteiger partial charge in [0.15, 0.2) is 0 Å². The number of anilines is 1. The summed E-state index contributed by atoms with van der Waals surface area (Å²) >= 11 is 1.09. The number of thiazole rings is 1. The summed E-state index contributed by atoms with van der Waals surface area (Å²) in [5.74, 6) is 0.491. The predicted octanol–water partition coefficient (Wildman–Crippen LogP) is 4.18. The van der Waals surface area contributed by atoms with Gasteiger partial charge < -0.3 is 19.0 Å². The number of carbonyl (C=O) groups is 1. The van der Waals surface area contributed by atoms with Crippen LogP contribution in [0.15, 0.2) is 14.8 Å². The lowest BCUT2D eigenvalue weighted by molar-refractivity contribution is 0.0783. The fraction of sp³-hybridized carbons (Fsp3) is 0.526. The van der Waals surface area contributed by atoms with Crippen molar-refractivity contribution < 1.29 is 14.1 Å². The zero-order chi connectivity index (χ0) is 20.1. The number of pyridine rings is 1. The van der Waals surface area contributed by atoms with Gasteiger partial charge in [-0.05, 0) is 68.2 Å². The third-order valence-electron chi connectivity index (χ3n) is 5.05. The second-order valence-corrected chi connectivity index (χ2v) is 10.3. The highest BCUT2D eigenvalue weighted by atomic mass is 32.2. The highest BCUT2D eigenvalue weighted by molar-refractivity contribution is 7.78. The molecule has 150 valence electrons. The van der Waals surface area contributed by atoms with E-state index in [9.17, 15) is 14.1 Å². The Kier molecular flexibility index (Phi) is 5.01. The fourth-order valence-electron chi connectivity index (χ4n) is 3.50. The van der Waals surface area contributed by atoms with Crippen LogP contribution in [0.2, 0.25) is 0 Å². The highest BCUT2D eigenvalue weighted by Crippen LogP contribution is 2.44. The maximum absolute atomic E-state index is 12.5. The lowest BCUT2D eigenvalue weighted by Gasteiger charge is -2.16. The second-order valence-electron chi connectivity index (χ2n) is 7.86. The van der Waals surface area contributed by atoms with Crippen molar-refractivity contribution in [2.45, 2.75) is 68.6 Å². The molecule has 9 heteroatoms. The van der Waals surface area contributed by atoms with E-state index in [-0.39, 0.29) is 0 Å². The summed E-state index contributed by atoms with van der Waals surface area (Å²) < 4.78 is 16.6. The first kappa shape index (κ1) is 19.5. The first-order valence-corrected chi connectivity index (χ1v) is 11.3. The number of carbonyl (C=O) groups excluding carboxylic acids is 1. The summed E-state index contributed by atoms with van der Waals surface area (Å²) in [6.07, 6.45) is 6.53. The molecule has 2 heterocycles. The van der Waals surface area contributed by atoms with Crippen molar-refractivity contribution in [3.63, 3.8) is 0 Å². The molecule has 0 radical (unpaired) electrons. The average molecular weight is 420 g/mol. The number of nitrogens with one attached hydrogen (secondary N) is 1. The Morgan fingerprint density at radius 2 is 2.14 bits per heavy atom. The first-order valence-electron chi connectivity index (χ1n) is 9.39. The topological polar surface area (TPSA) is 105 Å². The van der Waals surface area contributed by atoms with Gasteiger partial charge in [-0.3, -0.25) is 4.98 Å². The molecule has 2 N–H and O–H groups in total. The van der Waals surface area contributed by atoms with E-state index in [1.165, 1.54) is 6.20 Å². The standard InChI is InChI=1S/C19H23N4O3S2/c1-10-15(11-7-8-11)21-13-6-4-5-12(13)16(10)22-18(24)23-28(26)14-9-20-17(27-14)19(2,3)25/h9,11,25H,4-8H2,1-3H3,(H,21,22,24)/q-1. The molecule has 4 rings (SSSR count). The van der Waals surface area contributed by atoms with Crippen LogP contribution in [0.1, 0.15) is 66.6 Å². The van der Waals surface area contributed by atoms with E-state index in [4.69, 9.17) is 4.98 Å². The molecular formula is C19H23N4O3S2-. The number of fused-ring (bicyclic) bond motifs is 1. The van der Waals surface area contributed by atoms with E-state index < -0.39 is 22.2 Å². The molecule has 0 spiro atoms. The van der Waals surface area contributed by atoms with Gasteiger partial charge in [0, 0.05) is 23.5 Å².